The van der Waals surface area contributed by atoms with Gasteiger partial charge in [-0.2, -0.15) is 4.98 Å². The highest BCUT2D eigenvalue weighted by molar-refractivity contribution is 5.95. The first-order valence-electron chi connectivity index (χ1n) is 8.65. The fraction of sp³-hybridized carbons (Fsp3) is 0.278. The third kappa shape index (κ3) is 4.20. The summed E-state index contributed by atoms with van der Waals surface area (Å²) in [5, 5.41) is 12.3. The summed E-state index contributed by atoms with van der Waals surface area (Å²) in [6.45, 7) is 6.05. The summed E-state index contributed by atoms with van der Waals surface area (Å²) >= 11 is 0. The lowest BCUT2D eigenvalue weighted by Crippen LogP contribution is -2.31. The van der Waals surface area contributed by atoms with Crippen LogP contribution in [0.2, 0.25) is 0 Å². The van der Waals surface area contributed by atoms with Gasteiger partial charge >= 0.3 is 6.03 Å². The van der Waals surface area contributed by atoms with E-state index in [0.29, 0.717) is 17.9 Å². The van der Waals surface area contributed by atoms with Crippen LogP contribution in [0.5, 0.6) is 0 Å². The van der Waals surface area contributed by atoms with E-state index in [1.165, 1.54) is 4.52 Å². The molecule has 3 rings (SSSR count). The van der Waals surface area contributed by atoms with Gasteiger partial charge in [0.15, 0.2) is 5.65 Å². The number of urea groups is 1. The molecular weight excluding hydrogens is 346 g/mol. The molecule has 0 aliphatic heterocycles. The summed E-state index contributed by atoms with van der Waals surface area (Å²) in [6, 6.07) is 6.79. The molecule has 0 saturated heterocycles. The largest absolute Gasteiger partial charge is 0.349 e. The van der Waals surface area contributed by atoms with Crippen molar-refractivity contribution in [2.24, 2.45) is 0 Å². The molecule has 0 aliphatic rings. The van der Waals surface area contributed by atoms with Crippen molar-refractivity contribution in [1.29, 1.82) is 0 Å². The molecule has 3 N–H and O–H groups in total. The van der Waals surface area contributed by atoms with Crippen LogP contribution in [0.3, 0.4) is 0 Å². The van der Waals surface area contributed by atoms with Crippen molar-refractivity contribution in [3.05, 3.63) is 42.4 Å². The van der Waals surface area contributed by atoms with E-state index in [-0.39, 0.29) is 17.9 Å². The average molecular weight is 367 g/mol. The van der Waals surface area contributed by atoms with Crippen LogP contribution in [0.1, 0.15) is 31.3 Å². The van der Waals surface area contributed by atoms with Gasteiger partial charge in [-0.3, -0.25) is 15.1 Å². The van der Waals surface area contributed by atoms with Gasteiger partial charge in [0.1, 0.15) is 5.69 Å². The second-order valence-corrected chi connectivity index (χ2v) is 6.19. The van der Waals surface area contributed by atoms with Crippen LogP contribution in [-0.4, -0.2) is 44.1 Å². The normalized spacial score (nSPS) is 10.8. The summed E-state index contributed by atoms with van der Waals surface area (Å²) in [7, 11) is 0. The number of anilines is 1. The number of fused-ring (bicyclic) bond motifs is 1. The lowest BCUT2D eigenvalue weighted by Gasteiger charge is -2.11. The molecule has 0 aliphatic carbocycles. The van der Waals surface area contributed by atoms with Gasteiger partial charge in [-0.05, 0) is 44.5 Å². The molecule has 3 aromatic rings. The average Bonchev–Trinajstić information content (AvgIpc) is 3.03. The first kappa shape index (κ1) is 18.3. The maximum atomic E-state index is 12.7. The van der Waals surface area contributed by atoms with Crippen LogP contribution >= 0.6 is 0 Å². The van der Waals surface area contributed by atoms with Gasteiger partial charge in [-0.1, -0.05) is 6.07 Å². The number of amides is 3. The first-order chi connectivity index (χ1) is 13.0. The number of aromatic nitrogens is 4. The Kier molecular flexibility index (Phi) is 5.30. The molecule has 0 radical (unpaired) electrons. The minimum absolute atomic E-state index is 0.0361. The lowest BCUT2D eigenvalue weighted by atomic mass is 10.1. The number of nitrogens with zero attached hydrogens (tertiary/aromatic N) is 4. The second-order valence-electron chi connectivity index (χ2n) is 6.19. The molecule has 0 saturated carbocycles. The maximum absolute atomic E-state index is 12.7. The highest BCUT2D eigenvalue weighted by Crippen LogP contribution is 2.22. The number of nitrogens with one attached hydrogen (secondary N) is 3. The van der Waals surface area contributed by atoms with E-state index in [1.54, 1.807) is 24.5 Å². The fourth-order valence-corrected chi connectivity index (χ4v) is 2.54. The van der Waals surface area contributed by atoms with Gasteiger partial charge in [0.2, 0.25) is 0 Å². The number of carbonyl (C=O) groups excluding carboxylic acids is 2. The highest BCUT2D eigenvalue weighted by atomic mass is 16.2. The Bertz CT molecular complexity index is 967. The third-order valence-electron chi connectivity index (χ3n) is 3.65. The Hall–Kier alpha value is -3.49. The number of carbonyl (C=O) groups is 2. The van der Waals surface area contributed by atoms with Gasteiger partial charge < -0.3 is 10.6 Å². The van der Waals surface area contributed by atoms with E-state index in [1.807, 2.05) is 32.9 Å². The van der Waals surface area contributed by atoms with Gasteiger partial charge in [0.25, 0.3) is 11.9 Å². The van der Waals surface area contributed by atoms with Gasteiger partial charge in [0.05, 0.1) is 0 Å². The molecule has 0 atom stereocenters. The van der Waals surface area contributed by atoms with Gasteiger partial charge in [0, 0.05) is 30.5 Å². The Balaban J connectivity index is 2.08. The van der Waals surface area contributed by atoms with Crippen LogP contribution < -0.4 is 16.0 Å². The molecule has 3 heterocycles. The predicted molar refractivity (Wildman–Crippen MR) is 102 cm³/mol. The fourth-order valence-electron chi connectivity index (χ4n) is 2.54. The molecule has 3 amide bonds. The summed E-state index contributed by atoms with van der Waals surface area (Å²) in [4.78, 5) is 32.9. The molecule has 9 nitrogen and oxygen atoms in total. The van der Waals surface area contributed by atoms with Crippen LogP contribution in [0.25, 0.3) is 16.8 Å². The zero-order chi connectivity index (χ0) is 19.4. The molecule has 0 fully saturated rings. The van der Waals surface area contributed by atoms with Crippen molar-refractivity contribution in [2.75, 3.05) is 11.9 Å². The van der Waals surface area contributed by atoms with Gasteiger partial charge in [-0.25, -0.2) is 9.31 Å². The molecule has 0 spiro atoms. The van der Waals surface area contributed by atoms with Crippen molar-refractivity contribution < 1.29 is 9.59 Å². The van der Waals surface area contributed by atoms with E-state index >= 15 is 0 Å². The van der Waals surface area contributed by atoms with E-state index in [4.69, 9.17) is 0 Å². The zero-order valence-corrected chi connectivity index (χ0v) is 15.4. The van der Waals surface area contributed by atoms with Crippen molar-refractivity contribution in [3.63, 3.8) is 0 Å². The quantitative estimate of drug-likeness (QED) is 0.639. The predicted octanol–water partition coefficient (Wildman–Crippen LogP) is 2.07. The molecule has 27 heavy (non-hydrogen) atoms. The lowest BCUT2D eigenvalue weighted by molar-refractivity contribution is 0.0935. The summed E-state index contributed by atoms with van der Waals surface area (Å²) in [5.41, 5.74) is 2.38. The van der Waals surface area contributed by atoms with E-state index < -0.39 is 6.03 Å². The number of rotatable bonds is 5. The standard InChI is InChI=1S/C18H21N7O2/c1-4-20-18(27)23-17-22-15-9-13(12-6-5-7-19-10-12)8-14(25(15)24-17)16(26)21-11(2)3/h5-11H,4H2,1-3H3,(H,21,26)(H2,20,23,24,27). The van der Waals surface area contributed by atoms with Crippen molar-refractivity contribution in [2.45, 2.75) is 26.8 Å². The number of hydrogen-bond acceptors (Lipinski definition) is 5. The number of pyridine rings is 2. The second kappa shape index (κ2) is 7.81. The van der Waals surface area contributed by atoms with E-state index in [9.17, 15) is 9.59 Å². The van der Waals surface area contributed by atoms with Crippen LogP contribution in [-0.2, 0) is 0 Å². The molecule has 3 aromatic heterocycles. The molecular formula is C18H21N7O2. The SMILES string of the molecule is CCNC(=O)Nc1nc2cc(-c3cccnc3)cc(C(=O)NC(C)C)n2n1. The molecule has 140 valence electrons. The molecule has 0 aromatic carbocycles. The Morgan fingerprint density at radius 1 is 1.22 bits per heavy atom. The molecule has 9 heteroatoms. The molecule has 0 bridgehead atoms. The Morgan fingerprint density at radius 3 is 2.70 bits per heavy atom. The van der Waals surface area contributed by atoms with E-state index in [0.717, 1.165) is 11.1 Å². The third-order valence-corrected chi connectivity index (χ3v) is 3.65. The van der Waals surface area contributed by atoms with E-state index in [2.05, 4.69) is 31.0 Å². The van der Waals surface area contributed by atoms with Crippen molar-refractivity contribution >= 4 is 23.5 Å². The topological polar surface area (TPSA) is 113 Å². The summed E-state index contributed by atoms with van der Waals surface area (Å²) in [5.74, 6) is -0.168. The minimum Gasteiger partial charge on any atom is -0.349 e. The minimum atomic E-state index is -0.408. The Morgan fingerprint density at radius 2 is 2.04 bits per heavy atom. The highest BCUT2D eigenvalue weighted by Gasteiger charge is 2.17. The first-order valence-corrected chi connectivity index (χ1v) is 8.65. The summed E-state index contributed by atoms with van der Waals surface area (Å²) in [6.07, 6.45) is 3.39. The zero-order valence-electron chi connectivity index (χ0n) is 15.4. The maximum Gasteiger partial charge on any atom is 0.321 e. The van der Waals surface area contributed by atoms with Crippen LogP contribution in [0.15, 0.2) is 36.7 Å². The van der Waals surface area contributed by atoms with Gasteiger partial charge in [-0.15, -0.1) is 5.10 Å². The Labute approximate surface area is 156 Å². The monoisotopic (exact) mass is 367 g/mol. The summed E-state index contributed by atoms with van der Waals surface area (Å²) < 4.78 is 1.42. The number of hydrogen-bond donors (Lipinski definition) is 3. The van der Waals surface area contributed by atoms with Crippen LogP contribution in [0, 0.1) is 0 Å². The van der Waals surface area contributed by atoms with Crippen LogP contribution in [0.4, 0.5) is 10.7 Å². The smallest absolute Gasteiger partial charge is 0.321 e. The molecule has 0 unspecified atom stereocenters. The van der Waals surface area contributed by atoms with Crippen molar-refractivity contribution in [1.82, 2.24) is 30.2 Å². The van der Waals surface area contributed by atoms with Crippen molar-refractivity contribution in [3.8, 4) is 11.1 Å².